The number of halogens is 1. The number of nitrogens with zero attached hydrogens (tertiary/aromatic N) is 2. The van der Waals surface area contributed by atoms with Crippen molar-refractivity contribution >= 4 is 16.9 Å². The lowest BCUT2D eigenvalue weighted by atomic mass is 9.84. The molecule has 152 valence electrons. The predicted octanol–water partition coefficient (Wildman–Crippen LogP) is 3.44. The number of piperidine rings is 1. The molecular weight excluding hydrogens is 371 g/mol. The van der Waals surface area contributed by atoms with E-state index in [-0.39, 0.29) is 18.3 Å². The maximum absolute atomic E-state index is 13.2. The van der Waals surface area contributed by atoms with E-state index in [4.69, 9.17) is 4.74 Å². The van der Waals surface area contributed by atoms with Crippen molar-refractivity contribution in [3.63, 3.8) is 0 Å². The highest BCUT2D eigenvalue weighted by Crippen LogP contribution is 2.34. The summed E-state index contributed by atoms with van der Waals surface area (Å²) in [5, 5.41) is 12.1. The number of ether oxygens (including phenoxy) is 1. The normalized spacial score (nSPS) is 16.8. The lowest BCUT2D eigenvalue weighted by molar-refractivity contribution is -0.141. The number of aliphatic hydroxyl groups is 1. The molecule has 0 unspecified atom stereocenters. The minimum absolute atomic E-state index is 0.182. The number of aromatic nitrogens is 1. The molecule has 0 aliphatic carbocycles. The van der Waals surface area contributed by atoms with Gasteiger partial charge in [-0.15, -0.1) is 0 Å². The first kappa shape index (κ1) is 19.6. The quantitative estimate of drug-likeness (QED) is 0.672. The molecule has 1 fully saturated rings. The summed E-state index contributed by atoms with van der Waals surface area (Å²) in [6.45, 7) is 2.41. The predicted molar refractivity (Wildman–Crippen MR) is 109 cm³/mol. The van der Waals surface area contributed by atoms with Gasteiger partial charge < -0.3 is 14.4 Å². The highest BCUT2D eigenvalue weighted by Gasteiger charge is 2.34. The van der Waals surface area contributed by atoms with Crippen LogP contribution in [0.5, 0.6) is 0 Å². The van der Waals surface area contributed by atoms with Crippen molar-refractivity contribution in [2.75, 3.05) is 20.2 Å². The zero-order chi connectivity index (χ0) is 20.4. The van der Waals surface area contributed by atoms with Gasteiger partial charge in [0.15, 0.2) is 0 Å². The number of para-hydroxylation sites is 1. The number of methoxy groups -OCH3 is 1. The number of hydrogen-bond acceptors (Lipinski definition) is 4. The average molecular weight is 396 g/mol. The zero-order valence-electron chi connectivity index (χ0n) is 16.5. The summed E-state index contributed by atoms with van der Waals surface area (Å²) in [5.41, 5.74) is 2.01. The van der Waals surface area contributed by atoms with Gasteiger partial charge in [-0.05, 0) is 42.2 Å². The first-order valence-corrected chi connectivity index (χ1v) is 9.83. The maximum Gasteiger partial charge on any atom is 0.325 e. The monoisotopic (exact) mass is 396 g/mol. The lowest BCUT2D eigenvalue weighted by Gasteiger charge is -2.38. The van der Waals surface area contributed by atoms with Crippen LogP contribution in [-0.2, 0) is 28.2 Å². The molecule has 0 radical (unpaired) electrons. The third-order valence-electron chi connectivity index (χ3n) is 5.86. The van der Waals surface area contributed by atoms with Gasteiger partial charge in [-0.1, -0.05) is 30.3 Å². The van der Waals surface area contributed by atoms with Gasteiger partial charge in [0.05, 0.1) is 12.7 Å². The molecule has 0 amide bonds. The molecule has 4 rings (SSSR count). The number of hydrogen-bond donors (Lipinski definition) is 1. The molecular formula is C23H25FN2O3. The molecule has 1 aromatic heterocycles. The first-order valence-electron chi connectivity index (χ1n) is 9.83. The second-order valence-electron chi connectivity index (χ2n) is 7.69. The van der Waals surface area contributed by atoms with E-state index in [0.717, 1.165) is 41.7 Å². The highest BCUT2D eigenvalue weighted by atomic mass is 19.1. The van der Waals surface area contributed by atoms with Gasteiger partial charge in [0, 0.05) is 36.7 Å². The van der Waals surface area contributed by atoms with E-state index >= 15 is 0 Å². The minimum atomic E-state index is -0.914. The number of esters is 1. The molecule has 3 aromatic rings. The van der Waals surface area contributed by atoms with Crippen molar-refractivity contribution in [1.82, 2.24) is 9.47 Å². The van der Waals surface area contributed by atoms with E-state index in [1.807, 2.05) is 29.0 Å². The molecule has 0 bridgehead atoms. The highest BCUT2D eigenvalue weighted by molar-refractivity contribution is 5.85. The van der Waals surface area contributed by atoms with Crippen LogP contribution < -0.4 is 0 Å². The molecule has 5 nitrogen and oxygen atoms in total. The molecule has 1 N–H and O–H groups in total. The van der Waals surface area contributed by atoms with Crippen molar-refractivity contribution in [1.29, 1.82) is 0 Å². The summed E-state index contributed by atoms with van der Waals surface area (Å²) in [5.74, 6) is -0.572. The molecule has 1 aliphatic heterocycles. The van der Waals surface area contributed by atoms with Crippen LogP contribution in [0.15, 0.2) is 54.7 Å². The number of rotatable bonds is 5. The van der Waals surface area contributed by atoms with E-state index in [0.29, 0.717) is 12.8 Å². The van der Waals surface area contributed by atoms with Crippen molar-refractivity contribution in [3.8, 4) is 0 Å². The van der Waals surface area contributed by atoms with Crippen LogP contribution in [0.4, 0.5) is 4.39 Å². The van der Waals surface area contributed by atoms with E-state index in [1.165, 1.54) is 19.2 Å². The Morgan fingerprint density at radius 2 is 1.83 bits per heavy atom. The van der Waals surface area contributed by atoms with Gasteiger partial charge in [0.1, 0.15) is 12.4 Å². The largest absolute Gasteiger partial charge is 0.468 e. The standard InChI is InChI=1S/C23H25FN2O3/c1-29-22(27)16-26-15-17(20-4-2-3-5-21(20)26)14-25-12-10-23(28,11-13-25)18-6-8-19(24)9-7-18/h2-9,15,28H,10-14,16H2,1H3. The Hall–Kier alpha value is -2.70. The summed E-state index contributed by atoms with van der Waals surface area (Å²) in [6, 6.07) is 14.2. The molecule has 29 heavy (non-hydrogen) atoms. The number of benzene rings is 2. The fraction of sp³-hybridized carbons (Fsp3) is 0.348. The van der Waals surface area contributed by atoms with Crippen molar-refractivity contribution in [2.24, 2.45) is 0 Å². The summed E-state index contributed by atoms with van der Waals surface area (Å²) in [4.78, 5) is 14.1. The topological polar surface area (TPSA) is 54.7 Å². The summed E-state index contributed by atoms with van der Waals surface area (Å²) < 4.78 is 19.9. The third kappa shape index (κ3) is 4.04. The first-order chi connectivity index (χ1) is 14.0. The van der Waals surface area contributed by atoms with E-state index in [9.17, 15) is 14.3 Å². The van der Waals surface area contributed by atoms with Crippen LogP contribution in [0.2, 0.25) is 0 Å². The SMILES string of the molecule is COC(=O)Cn1cc(CN2CCC(O)(c3ccc(F)cc3)CC2)c2ccccc21. The molecule has 2 aromatic carbocycles. The second-order valence-corrected chi connectivity index (χ2v) is 7.69. The smallest absolute Gasteiger partial charge is 0.325 e. The third-order valence-corrected chi connectivity index (χ3v) is 5.86. The number of carbonyl (C=O) groups is 1. The van der Waals surface area contributed by atoms with E-state index < -0.39 is 5.60 Å². The van der Waals surface area contributed by atoms with Gasteiger partial charge in [-0.25, -0.2) is 4.39 Å². The Labute approximate surface area is 169 Å². The van der Waals surface area contributed by atoms with Crippen LogP contribution in [0.3, 0.4) is 0 Å². The molecule has 6 heteroatoms. The average Bonchev–Trinajstić information content (AvgIpc) is 3.07. The van der Waals surface area contributed by atoms with Crippen LogP contribution in [0.1, 0.15) is 24.0 Å². The van der Waals surface area contributed by atoms with Gasteiger partial charge in [-0.2, -0.15) is 0 Å². The van der Waals surface area contributed by atoms with Crippen LogP contribution in [0.25, 0.3) is 10.9 Å². The Morgan fingerprint density at radius 1 is 1.14 bits per heavy atom. The molecule has 1 saturated heterocycles. The Balaban J connectivity index is 1.49. The molecule has 2 heterocycles. The van der Waals surface area contributed by atoms with Gasteiger partial charge in [0.2, 0.25) is 0 Å². The zero-order valence-corrected chi connectivity index (χ0v) is 16.5. The summed E-state index contributed by atoms with van der Waals surface area (Å²) in [6.07, 6.45) is 3.21. The minimum Gasteiger partial charge on any atom is -0.468 e. The van der Waals surface area contributed by atoms with Crippen LogP contribution >= 0.6 is 0 Å². The number of fused-ring (bicyclic) bond motifs is 1. The van der Waals surface area contributed by atoms with Crippen LogP contribution in [0, 0.1) is 5.82 Å². The Bertz CT molecular complexity index is 1000. The molecule has 0 spiro atoms. The van der Waals surface area contributed by atoms with Gasteiger partial charge >= 0.3 is 5.97 Å². The fourth-order valence-corrected chi connectivity index (χ4v) is 4.15. The van der Waals surface area contributed by atoms with Crippen molar-refractivity contribution in [3.05, 3.63) is 71.7 Å². The summed E-state index contributed by atoms with van der Waals surface area (Å²) in [7, 11) is 1.39. The number of carbonyl (C=O) groups excluding carboxylic acids is 1. The summed E-state index contributed by atoms with van der Waals surface area (Å²) >= 11 is 0. The molecule has 0 saturated carbocycles. The molecule has 0 atom stereocenters. The van der Waals surface area contributed by atoms with Gasteiger partial charge in [-0.3, -0.25) is 9.69 Å². The number of likely N-dealkylation sites (tertiary alicyclic amines) is 1. The maximum atomic E-state index is 13.2. The van der Waals surface area contributed by atoms with E-state index in [2.05, 4.69) is 11.0 Å². The van der Waals surface area contributed by atoms with Crippen LogP contribution in [-0.4, -0.2) is 40.7 Å². The lowest BCUT2D eigenvalue weighted by Crippen LogP contribution is -2.42. The Kier molecular flexibility index (Phi) is 5.39. The second kappa shape index (κ2) is 7.97. The van der Waals surface area contributed by atoms with Gasteiger partial charge in [0.25, 0.3) is 0 Å². The van der Waals surface area contributed by atoms with E-state index in [1.54, 1.807) is 12.1 Å². The van der Waals surface area contributed by atoms with Crippen molar-refractivity contribution in [2.45, 2.75) is 31.5 Å². The van der Waals surface area contributed by atoms with Crippen molar-refractivity contribution < 1.29 is 19.0 Å². The Morgan fingerprint density at radius 3 is 2.52 bits per heavy atom. The molecule has 1 aliphatic rings. The fourth-order valence-electron chi connectivity index (χ4n) is 4.15.